The standard InChI is InChI=1S/C20H16FN3/c21-18-5-3-13(4-6-18)17-10-19(20(22)24-12-17)15-1-2-16-11-23-8-7-14(16)9-15/h1-6,9-12H,7-8H2,(H2,22,24). The van der Waals surface area contributed by atoms with Crippen molar-refractivity contribution in [1.29, 1.82) is 0 Å². The lowest BCUT2D eigenvalue weighted by Gasteiger charge is -2.13. The zero-order valence-corrected chi connectivity index (χ0v) is 13.0. The molecule has 0 saturated carbocycles. The fourth-order valence-electron chi connectivity index (χ4n) is 2.97. The number of aromatic nitrogens is 1. The first-order valence-electron chi connectivity index (χ1n) is 7.85. The van der Waals surface area contributed by atoms with Gasteiger partial charge in [-0.15, -0.1) is 0 Å². The zero-order valence-electron chi connectivity index (χ0n) is 13.0. The molecule has 4 heteroatoms. The summed E-state index contributed by atoms with van der Waals surface area (Å²) in [4.78, 5) is 8.63. The number of halogens is 1. The number of fused-ring (bicyclic) bond motifs is 1. The van der Waals surface area contributed by atoms with Crippen molar-refractivity contribution in [3.63, 3.8) is 0 Å². The van der Waals surface area contributed by atoms with E-state index >= 15 is 0 Å². The number of hydrogen-bond acceptors (Lipinski definition) is 3. The Morgan fingerprint density at radius 2 is 1.71 bits per heavy atom. The number of anilines is 1. The highest BCUT2D eigenvalue weighted by molar-refractivity contribution is 5.86. The lowest BCUT2D eigenvalue weighted by molar-refractivity contribution is 0.628. The molecule has 0 spiro atoms. The quantitative estimate of drug-likeness (QED) is 0.773. The number of hydrogen-bond donors (Lipinski definition) is 1. The molecule has 1 aromatic heterocycles. The van der Waals surface area contributed by atoms with Gasteiger partial charge in [0, 0.05) is 30.1 Å². The molecule has 2 N–H and O–H groups in total. The van der Waals surface area contributed by atoms with Crippen molar-refractivity contribution >= 4 is 12.0 Å². The fraction of sp³-hybridized carbons (Fsp3) is 0.100. The number of nitrogens with two attached hydrogens (primary N) is 1. The molecular formula is C20H16FN3. The maximum atomic E-state index is 13.1. The van der Waals surface area contributed by atoms with Crippen LogP contribution >= 0.6 is 0 Å². The van der Waals surface area contributed by atoms with Gasteiger partial charge in [0.1, 0.15) is 11.6 Å². The van der Waals surface area contributed by atoms with Crippen LogP contribution in [0.4, 0.5) is 10.2 Å². The van der Waals surface area contributed by atoms with Crippen molar-refractivity contribution in [3.8, 4) is 22.3 Å². The molecule has 0 fully saturated rings. The van der Waals surface area contributed by atoms with Crippen molar-refractivity contribution in [2.24, 2.45) is 4.99 Å². The van der Waals surface area contributed by atoms with Crippen LogP contribution in [-0.2, 0) is 6.42 Å². The summed E-state index contributed by atoms with van der Waals surface area (Å²) in [6.07, 6.45) is 4.57. The van der Waals surface area contributed by atoms with Crippen molar-refractivity contribution in [3.05, 3.63) is 71.7 Å². The Balaban J connectivity index is 1.79. The third-order valence-corrected chi connectivity index (χ3v) is 4.29. The van der Waals surface area contributed by atoms with Gasteiger partial charge in [-0.1, -0.05) is 30.3 Å². The van der Waals surface area contributed by atoms with Crippen LogP contribution in [0, 0.1) is 5.82 Å². The predicted molar refractivity (Wildman–Crippen MR) is 95.6 cm³/mol. The summed E-state index contributed by atoms with van der Waals surface area (Å²) in [7, 11) is 0. The number of nitrogen functional groups attached to an aromatic ring is 1. The number of pyridine rings is 1. The Bertz CT molecular complexity index is 930. The van der Waals surface area contributed by atoms with E-state index in [2.05, 4.69) is 22.1 Å². The van der Waals surface area contributed by atoms with Gasteiger partial charge in [0.05, 0.1) is 0 Å². The molecule has 1 aliphatic rings. The SMILES string of the molecule is Nc1ncc(-c2ccc(F)cc2)cc1-c1ccc2c(c1)CCN=C2. The van der Waals surface area contributed by atoms with Crippen molar-refractivity contribution in [2.45, 2.75) is 6.42 Å². The lowest BCUT2D eigenvalue weighted by Crippen LogP contribution is -2.03. The predicted octanol–water partition coefficient (Wildman–Crippen LogP) is 4.11. The summed E-state index contributed by atoms with van der Waals surface area (Å²) in [6, 6.07) is 14.7. The van der Waals surface area contributed by atoms with Gasteiger partial charge in [0.2, 0.25) is 0 Å². The first-order valence-corrected chi connectivity index (χ1v) is 7.85. The van der Waals surface area contributed by atoms with Crippen LogP contribution < -0.4 is 5.73 Å². The first-order chi connectivity index (χ1) is 11.7. The number of benzene rings is 2. The Morgan fingerprint density at radius 3 is 2.54 bits per heavy atom. The third kappa shape index (κ3) is 2.67. The molecule has 3 nitrogen and oxygen atoms in total. The van der Waals surface area contributed by atoms with E-state index in [0.717, 1.165) is 40.8 Å². The minimum absolute atomic E-state index is 0.251. The van der Waals surface area contributed by atoms with Crippen LogP contribution in [0.15, 0.2) is 59.7 Å². The molecule has 2 heterocycles. The third-order valence-electron chi connectivity index (χ3n) is 4.29. The summed E-state index contributed by atoms with van der Waals surface area (Å²) < 4.78 is 13.1. The topological polar surface area (TPSA) is 51.3 Å². The maximum absolute atomic E-state index is 13.1. The van der Waals surface area contributed by atoms with Gasteiger partial charge < -0.3 is 5.73 Å². The lowest BCUT2D eigenvalue weighted by atomic mass is 9.95. The molecule has 0 saturated heterocycles. The minimum Gasteiger partial charge on any atom is -0.383 e. The molecular weight excluding hydrogens is 301 g/mol. The van der Waals surface area contributed by atoms with Crippen molar-refractivity contribution in [2.75, 3.05) is 12.3 Å². The molecule has 0 bridgehead atoms. The van der Waals surface area contributed by atoms with Gasteiger partial charge in [-0.25, -0.2) is 9.37 Å². The number of rotatable bonds is 2. The molecule has 0 aliphatic carbocycles. The molecule has 2 aromatic carbocycles. The highest BCUT2D eigenvalue weighted by atomic mass is 19.1. The van der Waals surface area contributed by atoms with Gasteiger partial charge in [-0.3, -0.25) is 4.99 Å². The van der Waals surface area contributed by atoms with E-state index in [1.165, 1.54) is 17.7 Å². The zero-order chi connectivity index (χ0) is 16.5. The second-order valence-corrected chi connectivity index (χ2v) is 5.86. The van der Waals surface area contributed by atoms with Gasteiger partial charge in [-0.05, 0) is 46.9 Å². The van der Waals surface area contributed by atoms with Crippen LogP contribution in [0.3, 0.4) is 0 Å². The largest absolute Gasteiger partial charge is 0.383 e. The van der Waals surface area contributed by atoms with Crippen LogP contribution in [-0.4, -0.2) is 17.7 Å². The van der Waals surface area contributed by atoms with E-state index in [9.17, 15) is 4.39 Å². The summed E-state index contributed by atoms with van der Waals surface area (Å²) >= 11 is 0. The van der Waals surface area contributed by atoms with E-state index in [0.29, 0.717) is 5.82 Å². The first kappa shape index (κ1) is 14.6. The molecule has 24 heavy (non-hydrogen) atoms. The van der Waals surface area contributed by atoms with Gasteiger partial charge in [0.25, 0.3) is 0 Å². The molecule has 0 amide bonds. The summed E-state index contributed by atoms with van der Waals surface area (Å²) in [6.45, 7) is 0.819. The average Bonchev–Trinajstić information content (AvgIpc) is 2.62. The van der Waals surface area contributed by atoms with Crippen molar-refractivity contribution < 1.29 is 4.39 Å². The van der Waals surface area contributed by atoms with E-state index in [1.54, 1.807) is 18.3 Å². The Hall–Kier alpha value is -3.01. The molecule has 4 rings (SSSR count). The van der Waals surface area contributed by atoms with Crippen LogP contribution in [0.25, 0.3) is 22.3 Å². The van der Waals surface area contributed by atoms with E-state index < -0.39 is 0 Å². The summed E-state index contributed by atoms with van der Waals surface area (Å²) in [5, 5.41) is 0. The van der Waals surface area contributed by atoms with Crippen LogP contribution in [0.5, 0.6) is 0 Å². The molecule has 3 aromatic rings. The highest BCUT2D eigenvalue weighted by Crippen LogP contribution is 2.31. The number of nitrogens with zero attached hydrogens (tertiary/aromatic N) is 2. The van der Waals surface area contributed by atoms with Gasteiger partial charge in [-0.2, -0.15) is 0 Å². The second-order valence-electron chi connectivity index (χ2n) is 5.86. The Labute approximate surface area is 139 Å². The fourth-order valence-corrected chi connectivity index (χ4v) is 2.97. The maximum Gasteiger partial charge on any atom is 0.131 e. The molecule has 0 radical (unpaired) electrons. The molecule has 118 valence electrons. The van der Waals surface area contributed by atoms with Gasteiger partial charge >= 0.3 is 0 Å². The van der Waals surface area contributed by atoms with Crippen molar-refractivity contribution in [1.82, 2.24) is 4.98 Å². The van der Waals surface area contributed by atoms with E-state index in [1.807, 2.05) is 18.3 Å². The van der Waals surface area contributed by atoms with Crippen LogP contribution in [0.2, 0.25) is 0 Å². The average molecular weight is 317 g/mol. The van der Waals surface area contributed by atoms with E-state index in [4.69, 9.17) is 5.73 Å². The second kappa shape index (κ2) is 5.89. The van der Waals surface area contributed by atoms with Crippen LogP contribution in [0.1, 0.15) is 11.1 Å². The normalized spacial score (nSPS) is 12.9. The number of aliphatic imine (C=N–C) groups is 1. The monoisotopic (exact) mass is 317 g/mol. The Kier molecular flexibility index (Phi) is 3.58. The smallest absolute Gasteiger partial charge is 0.131 e. The summed E-state index contributed by atoms with van der Waals surface area (Å²) in [5.41, 5.74) is 12.3. The highest BCUT2D eigenvalue weighted by Gasteiger charge is 2.11. The summed E-state index contributed by atoms with van der Waals surface area (Å²) in [5.74, 6) is 0.240. The van der Waals surface area contributed by atoms with E-state index in [-0.39, 0.29) is 5.82 Å². The minimum atomic E-state index is -0.251. The van der Waals surface area contributed by atoms with Gasteiger partial charge in [0.15, 0.2) is 0 Å². The molecule has 1 aliphatic heterocycles. The Morgan fingerprint density at radius 1 is 0.917 bits per heavy atom. The molecule has 0 unspecified atom stereocenters. The molecule has 0 atom stereocenters.